The summed E-state index contributed by atoms with van der Waals surface area (Å²) in [6.45, 7) is 5.52. The fourth-order valence-electron chi connectivity index (χ4n) is 2.38. The van der Waals surface area contributed by atoms with Crippen LogP contribution in [0.25, 0.3) is 6.08 Å². The third-order valence-corrected chi connectivity index (χ3v) is 3.83. The standard InChI is InChI=1S/C15H16N2O3S/c1-3-17-14(18)11(16-15(17)21)7-10-8-13-12(6-9(10)2)19-4-5-20-13/h6-8H,3-5H2,1-2H3,(H,16,21)/b11-7-. The van der Waals surface area contributed by atoms with E-state index in [2.05, 4.69) is 5.32 Å². The van der Waals surface area contributed by atoms with Crippen molar-refractivity contribution in [2.24, 2.45) is 0 Å². The number of rotatable bonds is 2. The molecule has 1 aromatic carbocycles. The Labute approximate surface area is 128 Å². The summed E-state index contributed by atoms with van der Waals surface area (Å²) in [6, 6.07) is 3.82. The number of likely N-dealkylation sites (N-methyl/N-ethyl adjacent to an activating group) is 1. The third kappa shape index (κ3) is 2.47. The Morgan fingerprint density at radius 2 is 2.00 bits per heavy atom. The van der Waals surface area contributed by atoms with E-state index in [9.17, 15) is 4.79 Å². The van der Waals surface area contributed by atoms with Crippen LogP contribution in [0, 0.1) is 6.92 Å². The van der Waals surface area contributed by atoms with E-state index in [-0.39, 0.29) is 5.91 Å². The maximum atomic E-state index is 12.2. The number of amides is 1. The van der Waals surface area contributed by atoms with Crippen LogP contribution in [0.3, 0.4) is 0 Å². The van der Waals surface area contributed by atoms with Gasteiger partial charge in [-0.25, -0.2) is 0 Å². The minimum Gasteiger partial charge on any atom is -0.486 e. The van der Waals surface area contributed by atoms with E-state index in [4.69, 9.17) is 21.7 Å². The number of ether oxygens (including phenoxy) is 2. The quantitative estimate of drug-likeness (QED) is 0.667. The molecule has 0 radical (unpaired) electrons. The van der Waals surface area contributed by atoms with Crippen LogP contribution in [0.5, 0.6) is 11.5 Å². The smallest absolute Gasteiger partial charge is 0.276 e. The molecule has 21 heavy (non-hydrogen) atoms. The number of carbonyl (C=O) groups excluding carboxylic acids is 1. The maximum Gasteiger partial charge on any atom is 0.276 e. The van der Waals surface area contributed by atoms with Gasteiger partial charge >= 0.3 is 0 Å². The number of hydrogen-bond acceptors (Lipinski definition) is 4. The second kappa shape index (κ2) is 5.37. The molecule has 1 aromatic rings. The number of aryl methyl sites for hydroxylation is 1. The lowest BCUT2D eigenvalue weighted by Crippen LogP contribution is -2.30. The van der Waals surface area contributed by atoms with Gasteiger partial charge in [0.05, 0.1) is 0 Å². The van der Waals surface area contributed by atoms with Crippen LogP contribution < -0.4 is 14.8 Å². The van der Waals surface area contributed by atoms with Crippen molar-refractivity contribution >= 4 is 29.3 Å². The van der Waals surface area contributed by atoms with Gasteiger partial charge in [-0.15, -0.1) is 0 Å². The molecule has 0 saturated carbocycles. The Bertz CT molecular complexity index is 655. The van der Waals surface area contributed by atoms with E-state index < -0.39 is 0 Å². The molecule has 5 nitrogen and oxygen atoms in total. The van der Waals surface area contributed by atoms with Gasteiger partial charge in [0.25, 0.3) is 5.91 Å². The summed E-state index contributed by atoms with van der Waals surface area (Å²) < 4.78 is 11.1. The summed E-state index contributed by atoms with van der Waals surface area (Å²) in [4.78, 5) is 13.7. The number of nitrogens with one attached hydrogen (secondary N) is 1. The number of benzene rings is 1. The van der Waals surface area contributed by atoms with Gasteiger partial charge in [0.2, 0.25) is 0 Å². The lowest BCUT2D eigenvalue weighted by Gasteiger charge is -2.19. The van der Waals surface area contributed by atoms with Crippen molar-refractivity contribution in [2.75, 3.05) is 19.8 Å². The van der Waals surface area contributed by atoms with Crippen molar-refractivity contribution in [1.82, 2.24) is 10.2 Å². The van der Waals surface area contributed by atoms with Gasteiger partial charge in [-0.3, -0.25) is 9.69 Å². The van der Waals surface area contributed by atoms with Gasteiger partial charge < -0.3 is 14.8 Å². The first-order valence-electron chi connectivity index (χ1n) is 6.85. The van der Waals surface area contributed by atoms with Crippen molar-refractivity contribution in [3.63, 3.8) is 0 Å². The largest absolute Gasteiger partial charge is 0.486 e. The highest BCUT2D eigenvalue weighted by Gasteiger charge is 2.29. The Morgan fingerprint density at radius 3 is 2.62 bits per heavy atom. The summed E-state index contributed by atoms with van der Waals surface area (Å²) in [5.41, 5.74) is 2.42. The molecule has 110 valence electrons. The predicted octanol–water partition coefficient (Wildman–Crippen LogP) is 1.84. The zero-order chi connectivity index (χ0) is 15.0. The van der Waals surface area contributed by atoms with Gasteiger partial charge in [0.1, 0.15) is 18.9 Å². The van der Waals surface area contributed by atoms with Crippen molar-refractivity contribution in [3.05, 3.63) is 29.0 Å². The van der Waals surface area contributed by atoms with Gasteiger partial charge in [-0.2, -0.15) is 0 Å². The zero-order valence-corrected chi connectivity index (χ0v) is 12.8. The molecule has 0 atom stereocenters. The Balaban J connectivity index is 1.96. The van der Waals surface area contributed by atoms with Crippen LogP contribution in [0.2, 0.25) is 0 Å². The summed E-state index contributed by atoms with van der Waals surface area (Å²) >= 11 is 5.15. The third-order valence-electron chi connectivity index (χ3n) is 3.51. The van der Waals surface area contributed by atoms with Crippen molar-refractivity contribution in [3.8, 4) is 11.5 Å². The lowest BCUT2D eigenvalue weighted by molar-refractivity contribution is -0.122. The van der Waals surface area contributed by atoms with E-state index in [1.54, 1.807) is 6.08 Å². The SMILES string of the molecule is CCN1C(=O)/C(=C/c2cc3c(cc2C)OCCO3)NC1=S. The molecular formula is C15H16N2O3S. The number of nitrogens with zero attached hydrogens (tertiary/aromatic N) is 1. The summed E-state index contributed by atoms with van der Waals surface area (Å²) in [5.74, 6) is 1.35. The van der Waals surface area contributed by atoms with Crippen LogP contribution in [0.4, 0.5) is 0 Å². The highest BCUT2D eigenvalue weighted by Crippen LogP contribution is 2.34. The van der Waals surface area contributed by atoms with E-state index in [0.717, 1.165) is 16.9 Å². The normalized spacial score (nSPS) is 19.1. The second-order valence-corrected chi connectivity index (χ2v) is 5.28. The first-order valence-corrected chi connectivity index (χ1v) is 7.25. The first-order chi connectivity index (χ1) is 10.1. The van der Waals surface area contributed by atoms with Crippen LogP contribution in [0.1, 0.15) is 18.1 Å². The summed E-state index contributed by atoms with van der Waals surface area (Å²) in [6.07, 6.45) is 1.80. The molecule has 3 rings (SSSR count). The Morgan fingerprint density at radius 1 is 1.33 bits per heavy atom. The van der Waals surface area contributed by atoms with Crippen molar-refractivity contribution < 1.29 is 14.3 Å². The zero-order valence-electron chi connectivity index (χ0n) is 11.9. The first kappa shape index (κ1) is 13.9. The second-order valence-electron chi connectivity index (χ2n) is 4.89. The van der Waals surface area contributed by atoms with Crippen LogP contribution in [-0.2, 0) is 4.79 Å². The van der Waals surface area contributed by atoms with Gasteiger partial charge in [0, 0.05) is 6.54 Å². The molecule has 1 amide bonds. The van der Waals surface area contributed by atoms with Gasteiger partial charge in [0.15, 0.2) is 16.6 Å². The molecular weight excluding hydrogens is 288 g/mol. The molecule has 1 N–H and O–H groups in total. The van der Waals surface area contributed by atoms with E-state index in [1.807, 2.05) is 26.0 Å². The highest BCUT2D eigenvalue weighted by molar-refractivity contribution is 7.80. The number of carbonyl (C=O) groups is 1. The molecule has 0 spiro atoms. The number of fused-ring (bicyclic) bond motifs is 1. The molecule has 1 saturated heterocycles. The molecule has 2 aliphatic rings. The molecule has 0 aliphatic carbocycles. The van der Waals surface area contributed by atoms with Gasteiger partial charge in [-0.1, -0.05) is 0 Å². The Kier molecular flexibility index (Phi) is 3.55. The number of thiocarbonyl (C=S) groups is 1. The molecule has 2 aliphatic heterocycles. The minimum absolute atomic E-state index is 0.100. The lowest BCUT2D eigenvalue weighted by atomic mass is 10.1. The van der Waals surface area contributed by atoms with Gasteiger partial charge in [-0.05, 0) is 55.4 Å². The molecule has 0 aromatic heterocycles. The van der Waals surface area contributed by atoms with Crippen LogP contribution in [-0.4, -0.2) is 35.7 Å². The average molecular weight is 304 g/mol. The predicted molar refractivity (Wildman–Crippen MR) is 83.3 cm³/mol. The monoisotopic (exact) mass is 304 g/mol. The average Bonchev–Trinajstić information content (AvgIpc) is 2.73. The fraction of sp³-hybridized carbons (Fsp3) is 0.333. The van der Waals surface area contributed by atoms with E-state index >= 15 is 0 Å². The minimum atomic E-state index is -0.100. The maximum absolute atomic E-state index is 12.2. The van der Waals surface area contributed by atoms with Crippen LogP contribution in [0.15, 0.2) is 17.8 Å². The van der Waals surface area contributed by atoms with E-state index in [1.165, 1.54) is 4.90 Å². The highest BCUT2D eigenvalue weighted by atomic mass is 32.1. The summed E-state index contributed by atoms with van der Waals surface area (Å²) in [5, 5.41) is 3.41. The fourth-order valence-corrected chi connectivity index (χ4v) is 2.70. The van der Waals surface area contributed by atoms with Crippen molar-refractivity contribution in [2.45, 2.75) is 13.8 Å². The molecule has 2 heterocycles. The summed E-state index contributed by atoms with van der Waals surface area (Å²) in [7, 11) is 0. The molecule has 0 bridgehead atoms. The van der Waals surface area contributed by atoms with Crippen LogP contribution >= 0.6 is 12.2 Å². The topological polar surface area (TPSA) is 50.8 Å². The van der Waals surface area contributed by atoms with Crippen molar-refractivity contribution in [1.29, 1.82) is 0 Å². The molecule has 0 unspecified atom stereocenters. The number of hydrogen-bond donors (Lipinski definition) is 1. The molecule has 1 fully saturated rings. The van der Waals surface area contributed by atoms with E-state index in [0.29, 0.717) is 36.3 Å². The Hall–Kier alpha value is -2.08. The molecule has 6 heteroatoms.